The van der Waals surface area contributed by atoms with E-state index in [1.807, 2.05) is 30.3 Å². The van der Waals surface area contributed by atoms with Gasteiger partial charge in [-0.2, -0.15) is 0 Å². The zero-order valence-electron chi connectivity index (χ0n) is 15.5. The summed E-state index contributed by atoms with van der Waals surface area (Å²) in [5.74, 6) is -0.546. The van der Waals surface area contributed by atoms with Crippen LogP contribution < -0.4 is 9.62 Å². The van der Waals surface area contributed by atoms with Crippen LogP contribution in [0.4, 0.5) is 11.4 Å². The van der Waals surface area contributed by atoms with Gasteiger partial charge in [-0.25, -0.2) is 8.42 Å². The maximum Gasteiger partial charge on any atom is 0.243 e. The minimum atomic E-state index is -3.66. The summed E-state index contributed by atoms with van der Waals surface area (Å²) in [5.41, 5.74) is 1.86. The second-order valence-electron chi connectivity index (χ2n) is 6.23. The van der Waals surface area contributed by atoms with Crippen molar-refractivity contribution in [2.45, 2.75) is 13.5 Å². The number of anilines is 2. The van der Waals surface area contributed by atoms with Gasteiger partial charge in [0.15, 0.2) is 0 Å². The highest BCUT2D eigenvalue weighted by Gasteiger charge is 2.22. The zero-order valence-corrected chi connectivity index (χ0v) is 16.4. The summed E-state index contributed by atoms with van der Waals surface area (Å²) < 4.78 is 25.4. The number of rotatable bonds is 7. The summed E-state index contributed by atoms with van der Waals surface area (Å²) in [7, 11) is -2.02. The van der Waals surface area contributed by atoms with Gasteiger partial charge in [-0.05, 0) is 29.8 Å². The van der Waals surface area contributed by atoms with E-state index in [1.54, 1.807) is 31.3 Å². The number of carbonyl (C=O) groups is 2. The van der Waals surface area contributed by atoms with Crippen LogP contribution in [0.2, 0.25) is 0 Å². The third-order valence-electron chi connectivity index (χ3n) is 3.84. The van der Waals surface area contributed by atoms with Crippen molar-refractivity contribution in [1.29, 1.82) is 0 Å². The standard InChI is InChI=1S/C19H23N3O4S/c1-15(23)20-17-9-11-18(12-10-17)22(27(3,25)26)14-19(24)21(2)13-16-7-5-4-6-8-16/h4-12H,13-14H2,1-3H3,(H,20,23). The highest BCUT2D eigenvalue weighted by Crippen LogP contribution is 2.20. The van der Waals surface area contributed by atoms with E-state index in [9.17, 15) is 18.0 Å². The fourth-order valence-corrected chi connectivity index (χ4v) is 3.35. The van der Waals surface area contributed by atoms with E-state index in [-0.39, 0.29) is 18.4 Å². The molecule has 0 saturated carbocycles. The van der Waals surface area contributed by atoms with Gasteiger partial charge < -0.3 is 10.2 Å². The first kappa shape index (κ1) is 20.4. The van der Waals surface area contributed by atoms with Gasteiger partial charge in [0.2, 0.25) is 21.8 Å². The monoisotopic (exact) mass is 389 g/mol. The van der Waals surface area contributed by atoms with Crippen LogP contribution in [-0.2, 0) is 26.2 Å². The minimum absolute atomic E-state index is 0.222. The smallest absolute Gasteiger partial charge is 0.243 e. The molecule has 27 heavy (non-hydrogen) atoms. The van der Waals surface area contributed by atoms with E-state index >= 15 is 0 Å². The quantitative estimate of drug-likeness (QED) is 0.785. The molecule has 0 atom stereocenters. The SMILES string of the molecule is CC(=O)Nc1ccc(N(CC(=O)N(C)Cc2ccccc2)S(C)(=O)=O)cc1. The van der Waals surface area contributed by atoms with Crippen molar-refractivity contribution in [3.8, 4) is 0 Å². The molecule has 2 aromatic rings. The Morgan fingerprint density at radius 3 is 2.11 bits per heavy atom. The molecule has 2 aromatic carbocycles. The minimum Gasteiger partial charge on any atom is -0.340 e. The Morgan fingerprint density at radius 1 is 1.00 bits per heavy atom. The molecule has 0 aromatic heterocycles. The molecule has 8 heteroatoms. The topological polar surface area (TPSA) is 86.8 Å². The van der Waals surface area contributed by atoms with Crippen LogP contribution in [0, 0.1) is 0 Å². The van der Waals surface area contributed by atoms with Crippen LogP contribution in [0.15, 0.2) is 54.6 Å². The molecule has 0 bridgehead atoms. The van der Waals surface area contributed by atoms with E-state index in [1.165, 1.54) is 11.8 Å². The van der Waals surface area contributed by atoms with Gasteiger partial charge in [0.1, 0.15) is 6.54 Å². The zero-order chi connectivity index (χ0) is 20.0. The molecular formula is C19H23N3O4S. The Labute approximate surface area is 159 Å². The number of hydrogen-bond donors (Lipinski definition) is 1. The maximum atomic E-state index is 12.6. The molecule has 2 amide bonds. The second-order valence-corrected chi connectivity index (χ2v) is 8.14. The van der Waals surface area contributed by atoms with Gasteiger partial charge >= 0.3 is 0 Å². The van der Waals surface area contributed by atoms with Crippen LogP contribution in [0.5, 0.6) is 0 Å². The van der Waals surface area contributed by atoms with Gasteiger partial charge in [-0.1, -0.05) is 30.3 Å². The van der Waals surface area contributed by atoms with Gasteiger partial charge in [-0.15, -0.1) is 0 Å². The predicted octanol–water partition coefficient (Wildman–Crippen LogP) is 2.07. The lowest BCUT2D eigenvalue weighted by Gasteiger charge is -2.25. The third-order valence-corrected chi connectivity index (χ3v) is 4.98. The largest absolute Gasteiger partial charge is 0.340 e. The fraction of sp³-hybridized carbons (Fsp3) is 0.263. The summed E-state index contributed by atoms with van der Waals surface area (Å²) in [6, 6.07) is 15.7. The summed E-state index contributed by atoms with van der Waals surface area (Å²) >= 11 is 0. The highest BCUT2D eigenvalue weighted by molar-refractivity contribution is 7.92. The van der Waals surface area contributed by atoms with Crippen LogP contribution in [0.1, 0.15) is 12.5 Å². The van der Waals surface area contributed by atoms with E-state index in [4.69, 9.17) is 0 Å². The van der Waals surface area contributed by atoms with E-state index in [0.717, 1.165) is 16.1 Å². The molecule has 2 rings (SSSR count). The summed E-state index contributed by atoms with van der Waals surface area (Å²) in [4.78, 5) is 25.1. The average Bonchev–Trinajstić information content (AvgIpc) is 2.59. The molecule has 0 aliphatic rings. The Balaban J connectivity index is 2.14. The van der Waals surface area contributed by atoms with Crippen molar-refractivity contribution in [2.75, 3.05) is 29.5 Å². The van der Waals surface area contributed by atoms with Crippen molar-refractivity contribution in [2.24, 2.45) is 0 Å². The van der Waals surface area contributed by atoms with Crippen molar-refractivity contribution in [1.82, 2.24) is 4.90 Å². The fourth-order valence-electron chi connectivity index (χ4n) is 2.50. The van der Waals surface area contributed by atoms with Crippen LogP contribution in [0.3, 0.4) is 0 Å². The number of carbonyl (C=O) groups excluding carboxylic acids is 2. The second kappa shape index (κ2) is 8.68. The molecule has 0 aliphatic carbocycles. The Morgan fingerprint density at radius 2 is 1.59 bits per heavy atom. The highest BCUT2D eigenvalue weighted by atomic mass is 32.2. The molecule has 0 saturated heterocycles. The predicted molar refractivity (Wildman–Crippen MR) is 106 cm³/mol. The number of hydrogen-bond acceptors (Lipinski definition) is 4. The van der Waals surface area contributed by atoms with Crippen molar-refractivity contribution < 1.29 is 18.0 Å². The molecule has 0 radical (unpaired) electrons. The van der Waals surface area contributed by atoms with Gasteiger partial charge in [0.05, 0.1) is 11.9 Å². The summed E-state index contributed by atoms with van der Waals surface area (Å²) in [6.07, 6.45) is 1.05. The molecule has 0 unspecified atom stereocenters. The Hall–Kier alpha value is -2.87. The molecule has 0 aliphatic heterocycles. The molecule has 1 N–H and O–H groups in total. The Bertz CT molecular complexity index is 896. The van der Waals surface area contributed by atoms with Crippen LogP contribution in [0.25, 0.3) is 0 Å². The average molecular weight is 389 g/mol. The lowest BCUT2D eigenvalue weighted by Crippen LogP contribution is -2.41. The summed E-state index contributed by atoms with van der Waals surface area (Å²) in [6.45, 7) is 1.47. The first-order chi connectivity index (χ1) is 12.7. The molecule has 0 fully saturated rings. The molecule has 0 spiro atoms. The molecular weight excluding hydrogens is 366 g/mol. The van der Waals surface area contributed by atoms with Gasteiger partial charge in [0, 0.05) is 26.2 Å². The van der Waals surface area contributed by atoms with E-state index < -0.39 is 10.0 Å². The molecule has 7 nitrogen and oxygen atoms in total. The number of nitrogens with zero attached hydrogens (tertiary/aromatic N) is 2. The lowest BCUT2D eigenvalue weighted by molar-refractivity contribution is -0.128. The van der Waals surface area contributed by atoms with E-state index in [2.05, 4.69) is 5.32 Å². The lowest BCUT2D eigenvalue weighted by atomic mass is 10.2. The summed E-state index contributed by atoms with van der Waals surface area (Å²) in [5, 5.41) is 2.61. The van der Waals surface area contributed by atoms with Crippen LogP contribution in [-0.4, -0.2) is 45.0 Å². The Kier molecular flexibility index (Phi) is 6.57. The van der Waals surface area contributed by atoms with Crippen molar-refractivity contribution in [3.05, 3.63) is 60.2 Å². The van der Waals surface area contributed by atoms with Gasteiger partial charge in [0.25, 0.3) is 0 Å². The molecule has 144 valence electrons. The number of benzene rings is 2. The maximum absolute atomic E-state index is 12.6. The number of sulfonamides is 1. The van der Waals surface area contributed by atoms with Crippen molar-refractivity contribution >= 4 is 33.2 Å². The normalized spacial score (nSPS) is 10.9. The number of nitrogens with one attached hydrogen (secondary N) is 1. The number of likely N-dealkylation sites (N-methyl/N-ethyl adjacent to an activating group) is 1. The van der Waals surface area contributed by atoms with Gasteiger partial charge in [-0.3, -0.25) is 13.9 Å². The van der Waals surface area contributed by atoms with Crippen molar-refractivity contribution in [3.63, 3.8) is 0 Å². The first-order valence-electron chi connectivity index (χ1n) is 8.30. The van der Waals surface area contributed by atoms with Crippen LogP contribution >= 0.6 is 0 Å². The van der Waals surface area contributed by atoms with E-state index in [0.29, 0.717) is 17.9 Å². The molecule has 0 heterocycles. The first-order valence-corrected chi connectivity index (χ1v) is 10.1. The number of amides is 2. The third kappa shape index (κ3) is 6.10.